The van der Waals surface area contributed by atoms with Gasteiger partial charge in [0.1, 0.15) is 5.82 Å². The van der Waals surface area contributed by atoms with Crippen LogP contribution in [0.15, 0.2) is 53.5 Å². The number of allylic oxidation sites excluding steroid dienone is 2. The number of nitrogens with two attached hydrogens (primary N) is 1. The molecule has 0 fully saturated rings. The monoisotopic (exact) mass is 466 g/mol. The van der Waals surface area contributed by atoms with Crippen LogP contribution in [0.4, 0.5) is 5.69 Å². The highest BCUT2D eigenvalue weighted by molar-refractivity contribution is 5.74. The molecule has 2 unspecified atom stereocenters. The summed E-state index contributed by atoms with van der Waals surface area (Å²) in [5.41, 5.74) is 9.01. The number of fused-ring (bicyclic) bond motifs is 1. The van der Waals surface area contributed by atoms with Crippen LogP contribution in [-0.4, -0.2) is 38.0 Å². The molecule has 0 amide bonds. The lowest BCUT2D eigenvalue weighted by atomic mass is 9.83. The molecular formula is C26H38N6O2. The van der Waals surface area contributed by atoms with Crippen LogP contribution in [0.2, 0.25) is 0 Å². The van der Waals surface area contributed by atoms with Crippen LogP contribution in [-0.2, 0) is 9.57 Å². The molecule has 8 nitrogen and oxygen atoms in total. The predicted octanol–water partition coefficient (Wildman–Crippen LogP) is 3.33. The highest BCUT2D eigenvalue weighted by Gasteiger charge is 2.40. The van der Waals surface area contributed by atoms with E-state index in [1.54, 1.807) is 7.11 Å². The standard InChI is InChI=1S/C26H38N6O2/c1-14(2)21(17(5)34-27)15(3)12-20-18(9-11-33-6)23-25(29-13-30-26(23)32-20)22-16(4)31-19-8-7-10-28-24(19)22/h7-8,12,17-18,21,25,28-32H,1,3,9-11,13,27H2,2,4-6H3/b20-12+/t17?,18-,21?,25-/m1/s1. The molecule has 0 saturated carbocycles. The van der Waals surface area contributed by atoms with Crippen LogP contribution in [0, 0.1) is 18.8 Å². The first kappa shape index (κ1) is 24.3. The first-order chi connectivity index (χ1) is 16.4. The lowest BCUT2D eigenvalue weighted by molar-refractivity contribution is 0.0453. The Balaban J connectivity index is 1.72. The van der Waals surface area contributed by atoms with Crippen LogP contribution in [0.5, 0.6) is 0 Å². The van der Waals surface area contributed by atoms with Crippen LogP contribution in [0.25, 0.3) is 6.08 Å². The van der Waals surface area contributed by atoms with Crippen molar-refractivity contribution < 1.29 is 9.57 Å². The number of aromatic amines is 1. The number of hydrogen-bond donors (Lipinski definition) is 6. The van der Waals surface area contributed by atoms with Gasteiger partial charge in [-0.25, -0.2) is 5.90 Å². The van der Waals surface area contributed by atoms with Gasteiger partial charge in [0, 0.05) is 54.6 Å². The molecule has 0 radical (unpaired) electrons. The number of aryl methyl sites for hydroxylation is 1. The molecule has 4 rings (SSSR count). The van der Waals surface area contributed by atoms with Gasteiger partial charge >= 0.3 is 0 Å². The number of hydrogen-bond acceptors (Lipinski definition) is 7. The number of aromatic nitrogens is 1. The summed E-state index contributed by atoms with van der Waals surface area (Å²) in [5.74, 6) is 6.63. The minimum absolute atomic E-state index is 0.0620. The molecule has 184 valence electrons. The summed E-state index contributed by atoms with van der Waals surface area (Å²) in [5, 5.41) is 14.4. The van der Waals surface area contributed by atoms with E-state index in [0.29, 0.717) is 13.3 Å². The fourth-order valence-corrected chi connectivity index (χ4v) is 5.49. The smallest absolute Gasteiger partial charge is 0.106 e. The number of rotatable bonds is 9. The molecule has 0 saturated heterocycles. The van der Waals surface area contributed by atoms with Gasteiger partial charge in [-0.2, -0.15) is 0 Å². The quantitative estimate of drug-likeness (QED) is 0.245. The molecule has 7 N–H and O–H groups in total. The van der Waals surface area contributed by atoms with Crippen LogP contribution >= 0.6 is 0 Å². The Kier molecular flexibility index (Phi) is 7.33. The molecular weight excluding hydrogens is 428 g/mol. The average Bonchev–Trinajstić information content (AvgIpc) is 3.33. The van der Waals surface area contributed by atoms with E-state index in [1.807, 2.05) is 13.8 Å². The second-order valence-corrected chi connectivity index (χ2v) is 9.36. The lowest BCUT2D eigenvalue weighted by Gasteiger charge is -2.31. The lowest BCUT2D eigenvalue weighted by Crippen LogP contribution is -2.41. The van der Waals surface area contributed by atoms with Crippen molar-refractivity contribution in [2.24, 2.45) is 17.7 Å². The maximum absolute atomic E-state index is 5.51. The molecule has 1 aromatic rings. The van der Waals surface area contributed by atoms with Gasteiger partial charge in [0.05, 0.1) is 30.2 Å². The SMILES string of the molecule is C=C(C)C(C(=C)/C=C1/NC2=C([C@@H]1CCOC)[C@@H](c1c(C)[nH]c3c1NCC=C3)NCN2)C(C)ON. The molecule has 0 spiro atoms. The predicted molar refractivity (Wildman–Crippen MR) is 137 cm³/mol. The van der Waals surface area contributed by atoms with Gasteiger partial charge in [-0.05, 0) is 44.9 Å². The minimum atomic E-state index is -0.219. The topological polar surface area (TPSA) is 108 Å². The van der Waals surface area contributed by atoms with Crippen molar-refractivity contribution in [1.29, 1.82) is 0 Å². The van der Waals surface area contributed by atoms with Crippen LogP contribution in [0.1, 0.15) is 43.3 Å². The minimum Gasteiger partial charge on any atom is -0.385 e. The van der Waals surface area contributed by atoms with Gasteiger partial charge in [0.15, 0.2) is 0 Å². The summed E-state index contributed by atoms with van der Waals surface area (Å²) < 4.78 is 5.50. The highest BCUT2D eigenvalue weighted by Crippen LogP contribution is 2.45. The van der Waals surface area contributed by atoms with Crippen molar-refractivity contribution in [3.05, 3.63) is 70.5 Å². The first-order valence-electron chi connectivity index (χ1n) is 11.9. The fraction of sp³-hybridized carbons (Fsp3) is 0.462. The summed E-state index contributed by atoms with van der Waals surface area (Å²) in [6, 6.07) is 0.0620. The zero-order valence-corrected chi connectivity index (χ0v) is 20.7. The first-order valence-corrected chi connectivity index (χ1v) is 11.9. The van der Waals surface area contributed by atoms with E-state index >= 15 is 0 Å². The van der Waals surface area contributed by atoms with Crippen molar-refractivity contribution >= 4 is 11.8 Å². The number of ether oxygens (including phenoxy) is 1. The summed E-state index contributed by atoms with van der Waals surface area (Å²) in [6.45, 7) is 16.7. The van der Waals surface area contributed by atoms with Gasteiger partial charge in [0.2, 0.25) is 0 Å². The van der Waals surface area contributed by atoms with Crippen molar-refractivity contribution in [1.82, 2.24) is 20.9 Å². The maximum atomic E-state index is 5.51. The normalized spacial score (nSPS) is 24.1. The number of anilines is 1. The van der Waals surface area contributed by atoms with E-state index in [-0.39, 0.29) is 24.0 Å². The Labute approximate surface area is 202 Å². The Bertz CT molecular complexity index is 1050. The van der Waals surface area contributed by atoms with E-state index in [1.165, 1.54) is 22.5 Å². The molecule has 4 atom stereocenters. The molecule has 0 aliphatic carbocycles. The molecule has 3 aliphatic rings. The van der Waals surface area contributed by atoms with Crippen molar-refractivity contribution in [2.75, 3.05) is 32.2 Å². The number of nitrogens with one attached hydrogen (secondary N) is 5. The molecule has 34 heavy (non-hydrogen) atoms. The molecule has 4 heterocycles. The molecule has 3 aliphatic heterocycles. The maximum Gasteiger partial charge on any atom is 0.106 e. The largest absolute Gasteiger partial charge is 0.385 e. The van der Waals surface area contributed by atoms with E-state index in [0.717, 1.165) is 41.3 Å². The summed E-state index contributed by atoms with van der Waals surface area (Å²) in [4.78, 5) is 8.69. The Morgan fingerprint density at radius 1 is 1.32 bits per heavy atom. The second-order valence-electron chi connectivity index (χ2n) is 9.36. The highest BCUT2D eigenvalue weighted by atomic mass is 16.6. The zero-order chi connectivity index (χ0) is 24.4. The molecule has 0 bridgehead atoms. The van der Waals surface area contributed by atoms with Crippen molar-refractivity contribution in [3.8, 4) is 0 Å². The van der Waals surface area contributed by atoms with Gasteiger partial charge < -0.3 is 30.5 Å². The summed E-state index contributed by atoms with van der Waals surface area (Å²) in [7, 11) is 1.75. The second kappa shape index (κ2) is 10.2. The van der Waals surface area contributed by atoms with E-state index in [4.69, 9.17) is 15.5 Å². The Morgan fingerprint density at radius 2 is 2.12 bits per heavy atom. The fourth-order valence-electron chi connectivity index (χ4n) is 5.49. The number of methoxy groups -OCH3 is 1. The number of H-pyrrole nitrogens is 1. The summed E-state index contributed by atoms with van der Waals surface area (Å²) >= 11 is 0. The van der Waals surface area contributed by atoms with Crippen LogP contribution in [0.3, 0.4) is 0 Å². The Hall–Kier alpha value is -2.78. The van der Waals surface area contributed by atoms with Crippen molar-refractivity contribution in [3.63, 3.8) is 0 Å². The third-order valence-corrected chi connectivity index (χ3v) is 6.99. The van der Waals surface area contributed by atoms with Gasteiger partial charge in [0.25, 0.3) is 0 Å². The molecule has 1 aromatic heterocycles. The zero-order valence-electron chi connectivity index (χ0n) is 20.7. The van der Waals surface area contributed by atoms with Crippen LogP contribution < -0.4 is 27.2 Å². The van der Waals surface area contributed by atoms with Crippen molar-refractivity contribution in [2.45, 2.75) is 39.3 Å². The summed E-state index contributed by atoms with van der Waals surface area (Å²) in [6.07, 6.45) is 7.05. The average molecular weight is 467 g/mol. The van der Waals surface area contributed by atoms with E-state index < -0.39 is 0 Å². The van der Waals surface area contributed by atoms with Gasteiger partial charge in [-0.1, -0.05) is 24.8 Å². The molecule has 8 heteroatoms. The van der Waals surface area contributed by atoms with E-state index in [2.05, 4.69) is 64.6 Å². The van der Waals surface area contributed by atoms with Gasteiger partial charge in [-0.15, -0.1) is 0 Å². The Morgan fingerprint density at radius 3 is 2.82 bits per heavy atom. The third kappa shape index (κ3) is 4.46. The molecule has 0 aromatic carbocycles. The van der Waals surface area contributed by atoms with Gasteiger partial charge in [-0.3, -0.25) is 5.32 Å². The third-order valence-electron chi connectivity index (χ3n) is 6.99. The van der Waals surface area contributed by atoms with E-state index in [9.17, 15) is 0 Å².